The van der Waals surface area contributed by atoms with Gasteiger partial charge in [0.1, 0.15) is 5.25 Å². The van der Waals surface area contributed by atoms with Gasteiger partial charge in [0.25, 0.3) is 0 Å². The van der Waals surface area contributed by atoms with Gasteiger partial charge in [0.05, 0.1) is 13.2 Å². The van der Waals surface area contributed by atoms with Crippen molar-refractivity contribution in [2.75, 3.05) is 11.3 Å². The molecule has 2 aromatic carbocycles. The summed E-state index contributed by atoms with van der Waals surface area (Å²) in [6.07, 6.45) is 0.497. The molecule has 0 saturated heterocycles. The lowest BCUT2D eigenvalue weighted by molar-refractivity contribution is 0.119. The highest BCUT2D eigenvalue weighted by Gasteiger charge is 2.24. The van der Waals surface area contributed by atoms with E-state index < -0.39 is 15.3 Å². The minimum absolute atomic E-state index is 0.174. The number of benzene rings is 2. The molecule has 1 unspecified atom stereocenters. The molecule has 0 aliphatic carbocycles. The number of ether oxygens (including phenoxy) is 1. The average molecular weight is 319 g/mol. The molecule has 2 aromatic rings. The van der Waals surface area contributed by atoms with Crippen molar-refractivity contribution in [3.8, 4) is 0 Å². The van der Waals surface area contributed by atoms with Gasteiger partial charge in [-0.25, -0.2) is 8.42 Å². The molecule has 0 amide bonds. The van der Waals surface area contributed by atoms with Crippen molar-refractivity contribution in [1.82, 2.24) is 0 Å². The fourth-order valence-electron chi connectivity index (χ4n) is 2.06. The molecule has 118 valence electrons. The van der Waals surface area contributed by atoms with Crippen LogP contribution in [0.4, 0.5) is 5.69 Å². The zero-order valence-corrected chi connectivity index (χ0v) is 13.4. The van der Waals surface area contributed by atoms with E-state index in [-0.39, 0.29) is 6.61 Å². The van der Waals surface area contributed by atoms with Crippen LogP contribution in [-0.4, -0.2) is 20.3 Å². The fourth-order valence-corrected chi connectivity index (χ4v) is 3.41. The second-order valence-electron chi connectivity index (χ2n) is 5.04. The number of para-hydroxylation sites is 1. The van der Waals surface area contributed by atoms with Crippen molar-refractivity contribution in [2.24, 2.45) is 0 Å². The Bertz CT molecular complexity index is 657. The van der Waals surface area contributed by atoms with Crippen LogP contribution in [0.1, 0.15) is 18.9 Å². The number of anilines is 1. The number of rotatable bonds is 8. The predicted octanol–water partition coefficient (Wildman–Crippen LogP) is 3.42. The molecule has 0 saturated carbocycles. The molecular weight excluding hydrogens is 298 g/mol. The van der Waals surface area contributed by atoms with Gasteiger partial charge in [-0.2, -0.15) is 0 Å². The quantitative estimate of drug-likeness (QED) is 0.811. The Kier molecular flexibility index (Phi) is 5.98. The highest BCUT2D eigenvalue weighted by molar-refractivity contribution is 7.93. The molecule has 0 radical (unpaired) electrons. The van der Waals surface area contributed by atoms with Gasteiger partial charge in [-0.1, -0.05) is 55.5 Å². The zero-order chi connectivity index (χ0) is 15.8. The van der Waals surface area contributed by atoms with E-state index in [0.29, 0.717) is 18.7 Å². The average Bonchev–Trinajstić information content (AvgIpc) is 2.53. The van der Waals surface area contributed by atoms with Crippen molar-refractivity contribution < 1.29 is 13.2 Å². The summed E-state index contributed by atoms with van der Waals surface area (Å²) in [5.41, 5.74) is 1.61. The SMILES string of the molecule is CCC(COCc1ccccc1)S(=O)(=O)Nc1ccccc1. The first-order chi connectivity index (χ1) is 10.6. The summed E-state index contributed by atoms with van der Waals surface area (Å²) >= 11 is 0. The lowest BCUT2D eigenvalue weighted by atomic mass is 10.2. The van der Waals surface area contributed by atoms with E-state index in [1.807, 2.05) is 43.3 Å². The van der Waals surface area contributed by atoms with E-state index >= 15 is 0 Å². The third-order valence-electron chi connectivity index (χ3n) is 3.34. The van der Waals surface area contributed by atoms with Crippen LogP contribution < -0.4 is 4.72 Å². The van der Waals surface area contributed by atoms with Crippen LogP contribution in [0.3, 0.4) is 0 Å². The minimum atomic E-state index is -3.45. The minimum Gasteiger partial charge on any atom is -0.375 e. The molecule has 1 atom stereocenters. The number of hydrogen-bond donors (Lipinski definition) is 1. The first-order valence-electron chi connectivity index (χ1n) is 7.30. The zero-order valence-electron chi connectivity index (χ0n) is 12.6. The van der Waals surface area contributed by atoms with Gasteiger partial charge in [0.2, 0.25) is 10.0 Å². The van der Waals surface area contributed by atoms with E-state index in [9.17, 15) is 8.42 Å². The second kappa shape index (κ2) is 7.96. The maximum absolute atomic E-state index is 12.4. The Morgan fingerprint density at radius 3 is 2.18 bits per heavy atom. The number of sulfonamides is 1. The predicted molar refractivity (Wildman–Crippen MR) is 89.2 cm³/mol. The van der Waals surface area contributed by atoms with E-state index in [0.717, 1.165) is 5.56 Å². The molecule has 0 heterocycles. The monoisotopic (exact) mass is 319 g/mol. The molecule has 2 rings (SSSR count). The standard InChI is InChI=1S/C17H21NO3S/c1-2-17(14-21-13-15-9-5-3-6-10-15)22(19,20)18-16-11-7-4-8-12-16/h3-12,17-18H,2,13-14H2,1H3. The third kappa shape index (κ3) is 4.86. The van der Waals surface area contributed by atoms with E-state index in [1.165, 1.54) is 0 Å². The van der Waals surface area contributed by atoms with Crippen molar-refractivity contribution in [1.29, 1.82) is 0 Å². The number of nitrogens with one attached hydrogen (secondary N) is 1. The number of hydrogen-bond acceptors (Lipinski definition) is 3. The molecule has 0 bridgehead atoms. The Morgan fingerprint density at radius 1 is 1.00 bits per heavy atom. The maximum Gasteiger partial charge on any atom is 0.237 e. The summed E-state index contributed by atoms with van der Waals surface area (Å²) < 4.78 is 33.0. The first-order valence-corrected chi connectivity index (χ1v) is 8.85. The summed E-state index contributed by atoms with van der Waals surface area (Å²) in [5.74, 6) is 0. The van der Waals surface area contributed by atoms with E-state index in [2.05, 4.69) is 4.72 Å². The second-order valence-corrected chi connectivity index (χ2v) is 7.00. The van der Waals surface area contributed by atoms with Crippen molar-refractivity contribution in [3.63, 3.8) is 0 Å². The Hall–Kier alpha value is -1.85. The molecule has 0 aromatic heterocycles. The molecule has 0 fully saturated rings. The van der Waals surface area contributed by atoms with Crippen LogP contribution in [0, 0.1) is 0 Å². The van der Waals surface area contributed by atoms with Crippen molar-refractivity contribution in [2.45, 2.75) is 25.2 Å². The fraction of sp³-hybridized carbons (Fsp3) is 0.294. The van der Waals surface area contributed by atoms with Crippen molar-refractivity contribution >= 4 is 15.7 Å². The third-order valence-corrected chi connectivity index (χ3v) is 5.21. The molecule has 4 nitrogen and oxygen atoms in total. The van der Waals surface area contributed by atoms with Crippen LogP contribution in [0.25, 0.3) is 0 Å². The molecular formula is C17H21NO3S. The summed E-state index contributed by atoms with van der Waals surface area (Å²) in [5, 5.41) is -0.573. The van der Waals surface area contributed by atoms with Gasteiger partial charge >= 0.3 is 0 Å². The van der Waals surface area contributed by atoms with Crippen LogP contribution in [0.15, 0.2) is 60.7 Å². The molecule has 0 spiro atoms. The Morgan fingerprint density at radius 2 is 1.59 bits per heavy atom. The lowest BCUT2D eigenvalue weighted by Crippen LogP contribution is -2.31. The van der Waals surface area contributed by atoms with E-state index in [1.54, 1.807) is 24.3 Å². The van der Waals surface area contributed by atoms with Crippen LogP contribution in [0.2, 0.25) is 0 Å². The highest BCUT2D eigenvalue weighted by atomic mass is 32.2. The van der Waals surface area contributed by atoms with Crippen LogP contribution in [0.5, 0.6) is 0 Å². The topological polar surface area (TPSA) is 55.4 Å². The molecule has 22 heavy (non-hydrogen) atoms. The van der Waals surface area contributed by atoms with Crippen LogP contribution in [-0.2, 0) is 21.4 Å². The Balaban J connectivity index is 1.92. The maximum atomic E-state index is 12.4. The molecule has 0 aliphatic rings. The van der Waals surface area contributed by atoms with Crippen molar-refractivity contribution in [3.05, 3.63) is 66.2 Å². The summed E-state index contributed by atoms with van der Waals surface area (Å²) in [4.78, 5) is 0. The molecule has 5 heteroatoms. The summed E-state index contributed by atoms with van der Waals surface area (Å²) in [7, 11) is -3.45. The van der Waals surface area contributed by atoms with Gasteiger partial charge in [-0.05, 0) is 24.1 Å². The van der Waals surface area contributed by atoms with E-state index in [4.69, 9.17) is 4.74 Å². The smallest absolute Gasteiger partial charge is 0.237 e. The molecule has 0 aliphatic heterocycles. The normalized spacial score (nSPS) is 12.8. The van der Waals surface area contributed by atoms with Gasteiger partial charge in [-0.3, -0.25) is 4.72 Å². The largest absolute Gasteiger partial charge is 0.375 e. The van der Waals surface area contributed by atoms with Gasteiger partial charge in [-0.15, -0.1) is 0 Å². The van der Waals surface area contributed by atoms with Gasteiger partial charge in [0.15, 0.2) is 0 Å². The van der Waals surface area contributed by atoms with Gasteiger partial charge < -0.3 is 4.74 Å². The van der Waals surface area contributed by atoms with Crippen LogP contribution >= 0.6 is 0 Å². The summed E-state index contributed by atoms with van der Waals surface area (Å²) in [6.45, 7) is 2.44. The first kappa shape index (κ1) is 16.5. The Labute approximate surface area is 132 Å². The lowest BCUT2D eigenvalue weighted by Gasteiger charge is -2.17. The van der Waals surface area contributed by atoms with Gasteiger partial charge in [0, 0.05) is 5.69 Å². The summed E-state index contributed by atoms with van der Waals surface area (Å²) in [6, 6.07) is 18.6. The highest BCUT2D eigenvalue weighted by Crippen LogP contribution is 2.14. The molecule has 1 N–H and O–H groups in total.